The van der Waals surface area contributed by atoms with Crippen LogP contribution in [0.3, 0.4) is 0 Å². The van der Waals surface area contributed by atoms with Crippen LogP contribution in [-0.2, 0) is 0 Å². The molecule has 0 spiro atoms. The number of para-hydroxylation sites is 1. The van der Waals surface area contributed by atoms with Gasteiger partial charge in [0.2, 0.25) is 5.89 Å². The van der Waals surface area contributed by atoms with Gasteiger partial charge in [-0.25, -0.2) is 9.78 Å². The van der Waals surface area contributed by atoms with Crippen molar-refractivity contribution in [1.82, 2.24) is 4.98 Å². The van der Waals surface area contributed by atoms with Gasteiger partial charge in [0.1, 0.15) is 11.1 Å². The molecule has 6 nitrogen and oxygen atoms in total. The molecular weight excluding hydrogens is 512 g/mol. The van der Waals surface area contributed by atoms with Crippen molar-refractivity contribution in [2.24, 2.45) is 0 Å². The SMILES string of the molecule is O=C(Nc1ccc2oc(-c3ccc(-c4ccccc4)cc3)nc2c1)c1ccc(-c2cc3ccccc3oc2=O)cc1. The molecule has 0 aliphatic carbocycles. The molecule has 7 rings (SSSR count). The molecule has 0 aliphatic rings. The van der Waals surface area contributed by atoms with Crippen LogP contribution < -0.4 is 10.9 Å². The number of amides is 1. The highest BCUT2D eigenvalue weighted by atomic mass is 16.4. The predicted octanol–water partition coefficient (Wildman–Crippen LogP) is 8.19. The molecule has 5 aromatic carbocycles. The minimum absolute atomic E-state index is 0.276. The van der Waals surface area contributed by atoms with E-state index < -0.39 is 5.63 Å². The first-order chi connectivity index (χ1) is 20.1. The fraction of sp³-hybridized carbons (Fsp3) is 0. The third kappa shape index (κ3) is 4.79. The standard InChI is InChI=1S/C35H22N2O4/c38-33(25-14-12-24(13-15-25)29-20-27-8-4-5-9-31(27)41-35(29)39)36-28-18-19-32-30(21-28)37-34(40-32)26-16-10-23(11-17-26)22-6-2-1-3-7-22/h1-21H,(H,36,38). The van der Waals surface area contributed by atoms with Crippen LogP contribution in [0, 0.1) is 0 Å². The van der Waals surface area contributed by atoms with Crippen molar-refractivity contribution in [2.75, 3.05) is 5.32 Å². The molecule has 0 radical (unpaired) electrons. The maximum atomic E-state index is 13.0. The minimum Gasteiger partial charge on any atom is -0.436 e. The first-order valence-corrected chi connectivity index (χ1v) is 13.1. The summed E-state index contributed by atoms with van der Waals surface area (Å²) in [7, 11) is 0. The Balaban J connectivity index is 1.08. The van der Waals surface area contributed by atoms with Gasteiger partial charge >= 0.3 is 5.63 Å². The lowest BCUT2D eigenvalue weighted by molar-refractivity contribution is 0.102. The van der Waals surface area contributed by atoms with Gasteiger partial charge in [0, 0.05) is 22.2 Å². The van der Waals surface area contributed by atoms with Crippen molar-refractivity contribution in [3.05, 3.63) is 143 Å². The summed E-state index contributed by atoms with van der Waals surface area (Å²) in [5.41, 5.74) is 6.68. The van der Waals surface area contributed by atoms with Crippen molar-refractivity contribution in [3.8, 4) is 33.7 Å². The van der Waals surface area contributed by atoms with Crippen molar-refractivity contribution >= 4 is 33.7 Å². The number of anilines is 1. The Morgan fingerprint density at radius 1 is 0.610 bits per heavy atom. The molecule has 1 N–H and O–H groups in total. The molecule has 41 heavy (non-hydrogen) atoms. The van der Waals surface area contributed by atoms with Crippen LogP contribution in [0.5, 0.6) is 0 Å². The van der Waals surface area contributed by atoms with E-state index >= 15 is 0 Å². The quantitative estimate of drug-likeness (QED) is 0.225. The lowest BCUT2D eigenvalue weighted by Crippen LogP contribution is -2.11. The second-order valence-corrected chi connectivity index (χ2v) is 9.66. The van der Waals surface area contributed by atoms with Gasteiger partial charge in [-0.3, -0.25) is 4.79 Å². The molecule has 7 aromatic rings. The Hall–Kier alpha value is -5.75. The van der Waals surface area contributed by atoms with Crippen LogP contribution in [0.2, 0.25) is 0 Å². The smallest absolute Gasteiger partial charge is 0.344 e. The second kappa shape index (κ2) is 10.1. The molecule has 6 heteroatoms. The fourth-order valence-corrected chi connectivity index (χ4v) is 4.83. The summed E-state index contributed by atoms with van der Waals surface area (Å²) in [6.07, 6.45) is 0. The van der Waals surface area contributed by atoms with Crippen molar-refractivity contribution in [1.29, 1.82) is 0 Å². The summed E-state index contributed by atoms with van der Waals surface area (Å²) in [5.74, 6) is 0.235. The Bertz CT molecular complexity index is 2090. The summed E-state index contributed by atoms with van der Waals surface area (Å²) in [4.78, 5) is 30.1. The number of hydrogen-bond acceptors (Lipinski definition) is 5. The number of rotatable bonds is 5. The predicted molar refractivity (Wildman–Crippen MR) is 161 cm³/mol. The van der Waals surface area contributed by atoms with Crippen LogP contribution in [0.4, 0.5) is 5.69 Å². The minimum atomic E-state index is -0.423. The highest BCUT2D eigenvalue weighted by Gasteiger charge is 2.13. The molecule has 0 unspecified atom stereocenters. The van der Waals surface area contributed by atoms with Crippen molar-refractivity contribution in [2.45, 2.75) is 0 Å². The van der Waals surface area contributed by atoms with Gasteiger partial charge in [-0.05, 0) is 71.3 Å². The first-order valence-electron chi connectivity index (χ1n) is 13.1. The lowest BCUT2D eigenvalue weighted by atomic mass is 10.0. The molecule has 196 valence electrons. The number of nitrogens with one attached hydrogen (secondary N) is 1. The normalized spacial score (nSPS) is 11.1. The summed E-state index contributed by atoms with van der Waals surface area (Å²) in [5, 5.41) is 3.75. The Morgan fingerprint density at radius 2 is 1.29 bits per heavy atom. The van der Waals surface area contributed by atoms with Crippen LogP contribution >= 0.6 is 0 Å². The zero-order chi connectivity index (χ0) is 27.8. The molecule has 2 heterocycles. The van der Waals surface area contributed by atoms with E-state index in [9.17, 15) is 9.59 Å². The summed E-state index contributed by atoms with van der Waals surface area (Å²) in [6.45, 7) is 0. The lowest BCUT2D eigenvalue weighted by Gasteiger charge is -2.07. The molecule has 0 saturated heterocycles. The average molecular weight is 535 g/mol. The van der Waals surface area contributed by atoms with Crippen molar-refractivity contribution in [3.63, 3.8) is 0 Å². The largest absolute Gasteiger partial charge is 0.436 e. The van der Waals surface area contributed by atoms with Gasteiger partial charge in [-0.2, -0.15) is 0 Å². The van der Waals surface area contributed by atoms with Gasteiger partial charge in [-0.15, -0.1) is 0 Å². The van der Waals surface area contributed by atoms with Crippen LogP contribution in [0.1, 0.15) is 10.4 Å². The number of carbonyl (C=O) groups is 1. The fourth-order valence-electron chi connectivity index (χ4n) is 4.83. The van der Waals surface area contributed by atoms with Gasteiger partial charge in [0.05, 0.1) is 5.56 Å². The number of oxazole rings is 1. The second-order valence-electron chi connectivity index (χ2n) is 9.66. The first kappa shape index (κ1) is 24.3. The maximum absolute atomic E-state index is 13.0. The van der Waals surface area contributed by atoms with E-state index in [1.54, 1.807) is 54.6 Å². The number of fused-ring (bicyclic) bond motifs is 2. The molecule has 0 aliphatic heterocycles. The molecule has 1 amide bonds. The van der Waals surface area contributed by atoms with Gasteiger partial charge in [-0.1, -0.05) is 72.8 Å². The third-order valence-corrected chi connectivity index (χ3v) is 6.98. The van der Waals surface area contributed by atoms with Crippen molar-refractivity contribution < 1.29 is 13.6 Å². The Morgan fingerprint density at radius 3 is 2.10 bits per heavy atom. The molecule has 0 fully saturated rings. The number of carbonyl (C=O) groups excluding carboxylic acids is 1. The highest BCUT2D eigenvalue weighted by molar-refractivity contribution is 6.05. The monoisotopic (exact) mass is 534 g/mol. The molecule has 0 bridgehead atoms. The highest BCUT2D eigenvalue weighted by Crippen LogP contribution is 2.29. The topological polar surface area (TPSA) is 85.3 Å². The molecule has 0 saturated carbocycles. The van der Waals surface area contributed by atoms with Gasteiger partial charge < -0.3 is 14.2 Å². The Labute approximate surface area is 234 Å². The number of hydrogen-bond donors (Lipinski definition) is 1. The van der Waals surface area contributed by atoms with E-state index in [-0.39, 0.29) is 5.91 Å². The average Bonchev–Trinajstić information content (AvgIpc) is 3.45. The van der Waals surface area contributed by atoms with E-state index in [4.69, 9.17) is 8.83 Å². The van der Waals surface area contributed by atoms with E-state index in [2.05, 4.69) is 22.4 Å². The zero-order valence-corrected chi connectivity index (χ0v) is 21.7. The van der Waals surface area contributed by atoms with Crippen LogP contribution in [0.25, 0.3) is 55.8 Å². The summed E-state index contributed by atoms with van der Waals surface area (Å²) < 4.78 is 11.4. The van der Waals surface area contributed by atoms with E-state index in [0.29, 0.717) is 45.0 Å². The third-order valence-electron chi connectivity index (χ3n) is 6.98. The number of nitrogens with zero attached hydrogens (tertiary/aromatic N) is 1. The summed E-state index contributed by atoms with van der Waals surface area (Å²) in [6, 6.07) is 39.6. The van der Waals surface area contributed by atoms with E-state index in [0.717, 1.165) is 22.1 Å². The van der Waals surface area contributed by atoms with Gasteiger partial charge in [0.25, 0.3) is 5.91 Å². The Kier molecular flexibility index (Phi) is 5.98. The molecule has 0 atom stereocenters. The summed E-state index contributed by atoms with van der Waals surface area (Å²) >= 11 is 0. The van der Waals surface area contributed by atoms with Gasteiger partial charge in [0.15, 0.2) is 5.58 Å². The molecule has 2 aromatic heterocycles. The van der Waals surface area contributed by atoms with Crippen LogP contribution in [0.15, 0.2) is 141 Å². The maximum Gasteiger partial charge on any atom is 0.344 e. The molecular formula is C35H22N2O4. The van der Waals surface area contributed by atoms with Crippen LogP contribution in [-0.4, -0.2) is 10.9 Å². The van der Waals surface area contributed by atoms with E-state index in [1.807, 2.05) is 60.7 Å². The number of benzene rings is 5. The number of aromatic nitrogens is 1. The zero-order valence-electron chi connectivity index (χ0n) is 21.7. The van der Waals surface area contributed by atoms with E-state index in [1.165, 1.54) is 0 Å².